The topological polar surface area (TPSA) is 126 Å². The van der Waals surface area contributed by atoms with E-state index in [-0.39, 0.29) is 64.7 Å². The average molecular weight is 487 g/mol. The maximum absolute atomic E-state index is 14.0. The van der Waals surface area contributed by atoms with Gasteiger partial charge in [-0.2, -0.15) is 0 Å². The van der Waals surface area contributed by atoms with Crippen molar-refractivity contribution in [3.8, 4) is 16.9 Å². The number of anilines is 1. The van der Waals surface area contributed by atoms with Gasteiger partial charge in [-0.25, -0.2) is 13.6 Å². The Bertz CT molecular complexity index is 1240. The number of benzene rings is 2. The maximum atomic E-state index is 14.0. The molecule has 34 heavy (non-hydrogen) atoms. The number of urea groups is 1. The molecule has 0 aliphatic rings. The van der Waals surface area contributed by atoms with Crippen molar-refractivity contribution in [1.82, 2.24) is 9.88 Å². The Labute approximate surface area is 237 Å². The molecule has 0 fully saturated rings. The van der Waals surface area contributed by atoms with Crippen LogP contribution in [0.1, 0.15) is 18.0 Å². The summed E-state index contributed by atoms with van der Waals surface area (Å²) in [6, 6.07) is 8.07. The van der Waals surface area contributed by atoms with E-state index in [2.05, 4.69) is 10.6 Å². The number of nitrogens with zero attached hydrogens (tertiary/aromatic N) is 1. The number of carbonyl (C=O) groups excluding carboxylic acids is 2. The number of carboxylic acids is 1. The van der Waals surface area contributed by atoms with Crippen molar-refractivity contribution in [2.75, 3.05) is 5.32 Å². The van der Waals surface area contributed by atoms with Crippen LogP contribution in [0.15, 0.2) is 59.5 Å². The molecule has 1 atom stereocenters. The summed E-state index contributed by atoms with van der Waals surface area (Å²) in [6.45, 7) is 0. The number of carboxylic acid groups (broad SMARTS) is 1. The van der Waals surface area contributed by atoms with Gasteiger partial charge in [0.05, 0.1) is 6.04 Å². The minimum atomic E-state index is -1.45. The van der Waals surface area contributed by atoms with Gasteiger partial charge < -0.3 is 30.2 Å². The molecule has 8 nitrogen and oxygen atoms in total. The van der Waals surface area contributed by atoms with E-state index >= 15 is 0 Å². The van der Waals surface area contributed by atoms with E-state index in [0.717, 1.165) is 22.8 Å². The molecule has 2 amide bonds. The summed E-state index contributed by atoms with van der Waals surface area (Å²) in [5.74, 6) is -3.64. The molecule has 0 spiro atoms. The summed E-state index contributed by atoms with van der Waals surface area (Å²) in [6.07, 6.45) is 0.646. The van der Waals surface area contributed by atoms with Gasteiger partial charge >= 0.3 is 65.1 Å². The number of amides is 2. The van der Waals surface area contributed by atoms with E-state index in [4.69, 9.17) is 0 Å². The molecule has 3 aromatic rings. The smallest absolute Gasteiger partial charge is 0.871 e. The maximum Gasteiger partial charge on any atom is 1.00 e. The number of aromatic nitrogens is 1. The van der Waals surface area contributed by atoms with Crippen molar-refractivity contribution in [2.45, 2.75) is 12.5 Å². The summed E-state index contributed by atoms with van der Waals surface area (Å²) in [5.41, 5.74) is -0.315. The third-order valence-electron chi connectivity index (χ3n) is 4.70. The fourth-order valence-electron chi connectivity index (χ4n) is 3.07. The Kier molecular flexibility index (Phi) is 11.4. The van der Waals surface area contributed by atoms with E-state index in [1.807, 2.05) is 0 Å². The molecule has 0 aliphatic carbocycles. The number of aliphatic carboxylic acids is 1. The standard InChI is InChI=1S/C22H19F2N3O5.2Na/c1-27-9-8-18(28)20(21(27)31)26-22(32)25-17(11-19(29)30)13-4-2-12(3-5-13)15-7-6-14(23)10-16(15)24;;/h2-10,17,28H,11H2,1H3,(H,29,30)(H2,25,26,32);;/q;2*+1/p-2/t17-;;/m0../s1. The molecular weight excluding hydrogens is 470 g/mol. The molecule has 1 aromatic heterocycles. The van der Waals surface area contributed by atoms with E-state index in [1.54, 1.807) is 0 Å². The Morgan fingerprint density at radius 1 is 1.06 bits per heavy atom. The minimum absolute atomic E-state index is 0. The average Bonchev–Trinajstić information content (AvgIpc) is 2.73. The first kappa shape index (κ1) is 29.8. The number of rotatable bonds is 6. The number of hydrogen-bond acceptors (Lipinski definition) is 5. The Hall–Kier alpha value is -2.21. The number of pyridine rings is 1. The molecule has 12 heteroatoms. The van der Waals surface area contributed by atoms with Gasteiger partial charge in [0, 0.05) is 37.3 Å². The second-order valence-corrected chi connectivity index (χ2v) is 6.94. The van der Waals surface area contributed by atoms with Crippen LogP contribution in [0, 0.1) is 11.6 Å². The molecule has 0 radical (unpaired) electrons. The number of carbonyl (C=O) groups is 2. The second kappa shape index (κ2) is 13.0. The molecule has 166 valence electrons. The van der Waals surface area contributed by atoms with E-state index in [9.17, 15) is 33.4 Å². The zero-order valence-corrected chi connectivity index (χ0v) is 22.7. The van der Waals surface area contributed by atoms with Crippen molar-refractivity contribution in [3.05, 3.63) is 82.3 Å². The molecule has 0 aliphatic heterocycles. The van der Waals surface area contributed by atoms with Crippen LogP contribution >= 0.6 is 0 Å². The normalized spacial score (nSPS) is 10.9. The van der Waals surface area contributed by atoms with Gasteiger partial charge in [0.2, 0.25) is 0 Å². The molecule has 0 saturated carbocycles. The zero-order valence-electron chi connectivity index (χ0n) is 18.7. The summed E-state index contributed by atoms with van der Waals surface area (Å²) >= 11 is 0. The van der Waals surface area contributed by atoms with Crippen LogP contribution < -0.4 is 85.5 Å². The Morgan fingerprint density at radius 3 is 2.29 bits per heavy atom. The molecule has 2 aromatic carbocycles. The first-order chi connectivity index (χ1) is 15.2. The first-order valence-corrected chi connectivity index (χ1v) is 9.35. The zero-order chi connectivity index (χ0) is 23.4. The van der Waals surface area contributed by atoms with Crippen molar-refractivity contribution >= 4 is 17.7 Å². The van der Waals surface area contributed by atoms with E-state index in [0.29, 0.717) is 11.1 Å². The predicted molar refractivity (Wildman–Crippen MR) is 107 cm³/mol. The van der Waals surface area contributed by atoms with Gasteiger partial charge in [-0.1, -0.05) is 36.1 Å². The molecule has 0 bridgehead atoms. The van der Waals surface area contributed by atoms with Crippen LogP contribution in [-0.4, -0.2) is 16.6 Å². The number of hydrogen-bond donors (Lipinski definition) is 2. The first-order valence-electron chi connectivity index (χ1n) is 9.35. The third-order valence-corrected chi connectivity index (χ3v) is 4.70. The molecule has 0 unspecified atom stereocenters. The van der Waals surface area contributed by atoms with Crippen molar-refractivity contribution < 1.29 is 87.7 Å². The van der Waals surface area contributed by atoms with E-state index in [1.165, 1.54) is 43.6 Å². The number of aryl methyl sites for hydroxylation is 1. The largest absolute Gasteiger partial charge is 1.00 e. The minimum Gasteiger partial charge on any atom is -0.871 e. The SMILES string of the molecule is Cn1ccc([O-])c(NC(=O)N[C@@H](CC(=O)[O-])c2ccc(-c3ccc(F)cc3F)cc2)c1=O.[Na+].[Na+]. The van der Waals surface area contributed by atoms with Crippen LogP contribution in [0.5, 0.6) is 5.75 Å². The van der Waals surface area contributed by atoms with Crippen molar-refractivity contribution in [2.24, 2.45) is 7.05 Å². The van der Waals surface area contributed by atoms with Gasteiger partial charge in [0.1, 0.15) is 17.3 Å². The number of halogens is 2. The Balaban J connectivity index is 0.00000289. The molecular formula is C22H17F2N3Na2O5. The molecule has 0 saturated heterocycles. The second-order valence-electron chi connectivity index (χ2n) is 6.94. The summed E-state index contributed by atoms with van der Waals surface area (Å²) in [4.78, 5) is 35.6. The van der Waals surface area contributed by atoms with Crippen LogP contribution in [0.4, 0.5) is 19.3 Å². The van der Waals surface area contributed by atoms with Crippen LogP contribution in [0.3, 0.4) is 0 Å². The van der Waals surface area contributed by atoms with Crippen LogP contribution in [0.25, 0.3) is 11.1 Å². The van der Waals surface area contributed by atoms with Gasteiger partial charge in [-0.05, 0) is 23.3 Å². The molecule has 1 heterocycles. The van der Waals surface area contributed by atoms with Crippen molar-refractivity contribution in [3.63, 3.8) is 0 Å². The summed E-state index contributed by atoms with van der Waals surface area (Å²) in [7, 11) is 1.40. The monoisotopic (exact) mass is 487 g/mol. The van der Waals surface area contributed by atoms with Crippen LogP contribution in [0.2, 0.25) is 0 Å². The third kappa shape index (κ3) is 7.39. The fraction of sp³-hybridized carbons (Fsp3) is 0.136. The Morgan fingerprint density at radius 2 is 1.71 bits per heavy atom. The van der Waals surface area contributed by atoms with Crippen molar-refractivity contribution in [1.29, 1.82) is 0 Å². The molecule has 3 rings (SSSR count). The summed E-state index contributed by atoms with van der Waals surface area (Å²) < 4.78 is 28.2. The predicted octanol–water partition coefficient (Wildman–Crippen LogP) is -4.59. The summed E-state index contributed by atoms with van der Waals surface area (Å²) in [5, 5.41) is 27.6. The van der Waals surface area contributed by atoms with Gasteiger partial charge in [-0.3, -0.25) is 4.79 Å². The fourth-order valence-corrected chi connectivity index (χ4v) is 3.07. The quantitative estimate of drug-likeness (QED) is 0.339. The van der Waals surface area contributed by atoms with Gasteiger partial charge in [-0.15, -0.1) is 0 Å². The van der Waals surface area contributed by atoms with E-state index < -0.39 is 53.1 Å². The number of nitrogens with one attached hydrogen (secondary N) is 2. The van der Waals surface area contributed by atoms with Gasteiger partial charge in [0.25, 0.3) is 5.56 Å². The molecule has 2 N–H and O–H groups in total. The van der Waals surface area contributed by atoms with Gasteiger partial charge in [0.15, 0.2) is 0 Å². The van der Waals surface area contributed by atoms with Crippen LogP contribution in [-0.2, 0) is 11.8 Å².